The lowest BCUT2D eigenvalue weighted by molar-refractivity contribution is 0.211. The Morgan fingerprint density at radius 2 is 2.43 bits per heavy atom. The van der Waals surface area contributed by atoms with Gasteiger partial charge >= 0.3 is 0 Å². The van der Waals surface area contributed by atoms with Crippen molar-refractivity contribution in [3.05, 3.63) is 11.1 Å². The Hall–Kier alpha value is -0.610. The summed E-state index contributed by atoms with van der Waals surface area (Å²) in [6, 6.07) is 0. The van der Waals surface area contributed by atoms with E-state index in [0.29, 0.717) is 5.41 Å². The maximum absolute atomic E-state index is 4.96. The molecule has 0 radical (unpaired) electrons. The van der Waals surface area contributed by atoms with Crippen molar-refractivity contribution in [2.45, 2.75) is 25.2 Å². The van der Waals surface area contributed by atoms with Crippen molar-refractivity contribution in [2.75, 3.05) is 25.6 Å². The van der Waals surface area contributed by atoms with Crippen LogP contribution in [0.2, 0.25) is 0 Å². The van der Waals surface area contributed by atoms with Crippen LogP contribution in [0.3, 0.4) is 0 Å². The molecule has 1 fully saturated rings. The molecular formula is C10H16N2OS. The zero-order chi connectivity index (χ0) is 10.0. The molecule has 1 aliphatic carbocycles. The van der Waals surface area contributed by atoms with Crippen LogP contribution in [0.25, 0.3) is 0 Å². The molecule has 14 heavy (non-hydrogen) atoms. The number of nitrogens with one attached hydrogen (secondary N) is 1. The summed E-state index contributed by atoms with van der Waals surface area (Å²) >= 11 is 1.69. The molecule has 0 spiro atoms. The van der Waals surface area contributed by atoms with Gasteiger partial charge in [-0.2, -0.15) is 0 Å². The van der Waals surface area contributed by atoms with Crippen molar-refractivity contribution in [3.63, 3.8) is 0 Å². The number of rotatable bonds is 5. The molecule has 1 heterocycles. The van der Waals surface area contributed by atoms with Crippen molar-refractivity contribution < 1.29 is 4.74 Å². The molecule has 1 N–H and O–H groups in total. The fraction of sp³-hybridized carbons (Fsp3) is 0.700. The summed E-state index contributed by atoms with van der Waals surface area (Å²) in [6.45, 7) is 3.84. The fourth-order valence-electron chi connectivity index (χ4n) is 1.34. The van der Waals surface area contributed by atoms with Gasteiger partial charge in [0.15, 0.2) is 5.13 Å². The van der Waals surface area contributed by atoms with E-state index in [9.17, 15) is 0 Å². The van der Waals surface area contributed by atoms with Crippen LogP contribution < -0.4 is 5.32 Å². The van der Waals surface area contributed by atoms with Crippen molar-refractivity contribution >= 4 is 16.5 Å². The zero-order valence-corrected chi connectivity index (χ0v) is 9.49. The van der Waals surface area contributed by atoms with Gasteiger partial charge in [0, 0.05) is 24.4 Å². The van der Waals surface area contributed by atoms with Gasteiger partial charge in [0.25, 0.3) is 0 Å². The molecule has 1 aromatic heterocycles. The van der Waals surface area contributed by atoms with Crippen molar-refractivity contribution in [1.29, 1.82) is 0 Å². The van der Waals surface area contributed by atoms with Gasteiger partial charge in [0.05, 0.1) is 12.3 Å². The Morgan fingerprint density at radius 1 is 1.64 bits per heavy atom. The normalized spacial score (nSPS) is 18.1. The first kappa shape index (κ1) is 9.93. The lowest BCUT2D eigenvalue weighted by atomic mass is 10.1. The predicted molar refractivity (Wildman–Crippen MR) is 59.1 cm³/mol. The molecule has 0 unspecified atom stereocenters. The third-order valence-corrected chi connectivity index (χ3v) is 3.50. The maximum Gasteiger partial charge on any atom is 0.182 e. The Bertz CT molecular complexity index is 307. The second-order valence-corrected chi connectivity index (χ2v) is 4.88. The SMILES string of the molecule is COCCNc1nc(C2(C)CC2)cs1. The third-order valence-electron chi connectivity index (χ3n) is 2.70. The van der Waals surface area contributed by atoms with Crippen LogP contribution in [-0.2, 0) is 10.2 Å². The van der Waals surface area contributed by atoms with Gasteiger partial charge in [-0.25, -0.2) is 4.98 Å². The summed E-state index contributed by atoms with van der Waals surface area (Å²) in [5.74, 6) is 0. The quantitative estimate of drug-likeness (QED) is 0.760. The van der Waals surface area contributed by atoms with E-state index in [1.807, 2.05) is 0 Å². The lowest BCUT2D eigenvalue weighted by Gasteiger charge is -2.02. The van der Waals surface area contributed by atoms with Gasteiger partial charge in [-0.3, -0.25) is 0 Å². The molecule has 0 aliphatic heterocycles. The molecule has 0 saturated heterocycles. The number of aromatic nitrogens is 1. The predicted octanol–water partition coefficient (Wildman–Crippen LogP) is 2.25. The van der Waals surface area contributed by atoms with Crippen LogP contribution in [0.5, 0.6) is 0 Å². The van der Waals surface area contributed by atoms with E-state index >= 15 is 0 Å². The molecule has 1 aromatic rings. The Balaban J connectivity index is 1.90. The van der Waals surface area contributed by atoms with E-state index < -0.39 is 0 Å². The lowest BCUT2D eigenvalue weighted by Crippen LogP contribution is -2.08. The largest absolute Gasteiger partial charge is 0.383 e. The standard InChI is InChI=1S/C10H16N2OS/c1-10(3-4-10)8-7-14-9(12-8)11-5-6-13-2/h7H,3-6H2,1-2H3,(H,11,12). The number of anilines is 1. The summed E-state index contributed by atoms with van der Waals surface area (Å²) in [5.41, 5.74) is 1.64. The van der Waals surface area contributed by atoms with Gasteiger partial charge in [-0.05, 0) is 12.8 Å². The van der Waals surface area contributed by atoms with E-state index in [2.05, 4.69) is 22.6 Å². The number of methoxy groups -OCH3 is 1. The van der Waals surface area contributed by atoms with Crippen molar-refractivity contribution in [3.8, 4) is 0 Å². The fourth-order valence-corrected chi connectivity index (χ4v) is 2.23. The van der Waals surface area contributed by atoms with Crippen molar-refractivity contribution in [2.24, 2.45) is 0 Å². The molecule has 4 heteroatoms. The molecule has 0 aromatic carbocycles. The first-order chi connectivity index (χ1) is 6.74. The first-order valence-corrected chi connectivity index (χ1v) is 5.81. The number of hydrogen-bond donors (Lipinski definition) is 1. The van der Waals surface area contributed by atoms with Crippen LogP contribution >= 0.6 is 11.3 Å². The molecule has 78 valence electrons. The second kappa shape index (κ2) is 3.87. The highest BCUT2D eigenvalue weighted by molar-refractivity contribution is 7.13. The maximum atomic E-state index is 4.96. The average molecular weight is 212 g/mol. The van der Waals surface area contributed by atoms with Crippen molar-refractivity contribution in [1.82, 2.24) is 4.98 Å². The van der Waals surface area contributed by atoms with Crippen LogP contribution in [0.15, 0.2) is 5.38 Å². The van der Waals surface area contributed by atoms with E-state index in [-0.39, 0.29) is 0 Å². The second-order valence-electron chi connectivity index (χ2n) is 4.02. The number of thiazole rings is 1. The molecular weight excluding hydrogens is 196 g/mol. The van der Waals surface area contributed by atoms with Crippen LogP contribution in [0, 0.1) is 0 Å². The van der Waals surface area contributed by atoms with E-state index in [4.69, 9.17) is 4.74 Å². The summed E-state index contributed by atoms with van der Waals surface area (Å²) in [6.07, 6.45) is 2.57. The van der Waals surface area contributed by atoms with Gasteiger partial charge in [0.1, 0.15) is 0 Å². The monoisotopic (exact) mass is 212 g/mol. The molecule has 3 nitrogen and oxygen atoms in total. The smallest absolute Gasteiger partial charge is 0.182 e. The Kier molecular flexibility index (Phi) is 2.74. The van der Waals surface area contributed by atoms with Gasteiger partial charge in [-0.15, -0.1) is 11.3 Å². The molecule has 0 atom stereocenters. The Labute approximate surface area is 88.5 Å². The van der Waals surface area contributed by atoms with Gasteiger partial charge < -0.3 is 10.1 Å². The van der Waals surface area contributed by atoms with Gasteiger partial charge in [0.2, 0.25) is 0 Å². The molecule has 0 amide bonds. The van der Waals surface area contributed by atoms with E-state index in [0.717, 1.165) is 18.3 Å². The van der Waals surface area contributed by atoms with Crippen LogP contribution in [0.4, 0.5) is 5.13 Å². The van der Waals surface area contributed by atoms with Gasteiger partial charge in [-0.1, -0.05) is 6.92 Å². The first-order valence-electron chi connectivity index (χ1n) is 4.93. The van der Waals surface area contributed by atoms with E-state index in [1.54, 1.807) is 18.4 Å². The molecule has 2 rings (SSSR count). The zero-order valence-electron chi connectivity index (χ0n) is 8.67. The topological polar surface area (TPSA) is 34.1 Å². The Morgan fingerprint density at radius 3 is 3.07 bits per heavy atom. The highest BCUT2D eigenvalue weighted by Crippen LogP contribution is 2.47. The summed E-state index contributed by atoms with van der Waals surface area (Å²) < 4.78 is 4.96. The summed E-state index contributed by atoms with van der Waals surface area (Å²) in [7, 11) is 1.71. The minimum Gasteiger partial charge on any atom is -0.383 e. The van der Waals surface area contributed by atoms with Crippen LogP contribution in [0.1, 0.15) is 25.5 Å². The van der Waals surface area contributed by atoms with Crippen LogP contribution in [-0.4, -0.2) is 25.2 Å². The minimum atomic E-state index is 0.387. The number of hydrogen-bond acceptors (Lipinski definition) is 4. The summed E-state index contributed by atoms with van der Waals surface area (Å²) in [4.78, 5) is 4.57. The molecule has 1 aliphatic rings. The molecule has 0 bridgehead atoms. The summed E-state index contributed by atoms with van der Waals surface area (Å²) in [5, 5.41) is 6.44. The third kappa shape index (κ3) is 2.07. The minimum absolute atomic E-state index is 0.387. The number of ether oxygens (including phenoxy) is 1. The van der Waals surface area contributed by atoms with E-state index in [1.165, 1.54) is 18.5 Å². The highest BCUT2D eigenvalue weighted by Gasteiger charge is 2.41. The highest BCUT2D eigenvalue weighted by atomic mass is 32.1. The number of nitrogens with zero attached hydrogens (tertiary/aromatic N) is 1. The molecule has 1 saturated carbocycles. The average Bonchev–Trinajstić information content (AvgIpc) is 2.76.